The van der Waals surface area contributed by atoms with Crippen LogP contribution in [0.5, 0.6) is 0 Å². The maximum atomic E-state index is 12.9. The zero-order chi connectivity index (χ0) is 24.5. The molecule has 34 heavy (non-hydrogen) atoms. The number of carboxylic acid groups (broad SMARTS) is 1. The second-order valence-corrected chi connectivity index (χ2v) is 7.81. The number of aromatic amines is 1. The molecule has 1 aromatic heterocycles. The standard InChI is InChI=1S/C24H27N5O5/c25-18(10-15-6-2-1-3-7-15)23(33)29-20(24(34)28-13-21(30)27-14-22(31)32)11-16-12-26-19-9-5-4-8-17(16)19/h1-9,12,18,20,26H,10-11,13-14,25H2,(H,27,30)(H,28,34)(H,29,33)(H,31,32). The van der Waals surface area contributed by atoms with E-state index in [2.05, 4.69) is 20.9 Å². The van der Waals surface area contributed by atoms with Crippen molar-refractivity contribution in [1.82, 2.24) is 20.9 Å². The highest BCUT2D eigenvalue weighted by Crippen LogP contribution is 2.19. The molecule has 1 heterocycles. The van der Waals surface area contributed by atoms with Gasteiger partial charge in [-0.05, 0) is 23.6 Å². The first-order valence-electron chi connectivity index (χ1n) is 10.7. The first-order valence-corrected chi connectivity index (χ1v) is 10.7. The molecule has 2 aromatic carbocycles. The van der Waals surface area contributed by atoms with E-state index in [9.17, 15) is 19.2 Å². The maximum absolute atomic E-state index is 12.9. The van der Waals surface area contributed by atoms with Crippen molar-refractivity contribution in [1.29, 1.82) is 0 Å². The predicted molar refractivity (Wildman–Crippen MR) is 126 cm³/mol. The summed E-state index contributed by atoms with van der Waals surface area (Å²) in [6, 6.07) is 15.0. The van der Waals surface area contributed by atoms with Crippen molar-refractivity contribution >= 4 is 34.6 Å². The van der Waals surface area contributed by atoms with Crippen LogP contribution in [0.2, 0.25) is 0 Å². The molecule has 10 heteroatoms. The fourth-order valence-electron chi connectivity index (χ4n) is 3.50. The fraction of sp³-hybridized carbons (Fsp3) is 0.250. The van der Waals surface area contributed by atoms with Gasteiger partial charge in [0.15, 0.2) is 0 Å². The molecule has 0 fully saturated rings. The average molecular weight is 466 g/mol. The molecule has 0 aliphatic rings. The van der Waals surface area contributed by atoms with Crippen LogP contribution >= 0.6 is 0 Å². The topological polar surface area (TPSA) is 166 Å². The Balaban J connectivity index is 1.70. The summed E-state index contributed by atoms with van der Waals surface area (Å²) in [7, 11) is 0. The molecule has 0 spiro atoms. The number of rotatable bonds is 11. The van der Waals surface area contributed by atoms with E-state index in [1.54, 1.807) is 6.20 Å². The molecule has 10 nitrogen and oxygen atoms in total. The van der Waals surface area contributed by atoms with Gasteiger partial charge in [0.1, 0.15) is 12.6 Å². The van der Waals surface area contributed by atoms with Crippen molar-refractivity contribution in [3.8, 4) is 0 Å². The van der Waals surface area contributed by atoms with Crippen LogP contribution in [0, 0.1) is 0 Å². The molecular formula is C24H27N5O5. The zero-order valence-electron chi connectivity index (χ0n) is 18.4. The maximum Gasteiger partial charge on any atom is 0.322 e. The van der Waals surface area contributed by atoms with Gasteiger partial charge in [0.25, 0.3) is 0 Å². The first kappa shape index (κ1) is 24.5. The molecule has 0 saturated carbocycles. The van der Waals surface area contributed by atoms with Gasteiger partial charge in [-0.15, -0.1) is 0 Å². The Morgan fingerprint density at radius 2 is 1.59 bits per heavy atom. The van der Waals surface area contributed by atoms with Gasteiger partial charge in [0.2, 0.25) is 17.7 Å². The lowest BCUT2D eigenvalue weighted by atomic mass is 10.0. The molecule has 0 saturated heterocycles. The lowest BCUT2D eigenvalue weighted by Gasteiger charge is -2.21. The smallest absolute Gasteiger partial charge is 0.322 e. The molecule has 3 aromatic rings. The molecule has 178 valence electrons. The van der Waals surface area contributed by atoms with Gasteiger partial charge >= 0.3 is 5.97 Å². The van der Waals surface area contributed by atoms with E-state index >= 15 is 0 Å². The Hall–Kier alpha value is -4.18. The number of aromatic nitrogens is 1. The number of H-pyrrole nitrogens is 1. The largest absolute Gasteiger partial charge is 0.480 e. The number of nitrogens with two attached hydrogens (primary N) is 1. The van der Waals surface area contributed by atoms with E-state index in [1.165, 1.54) is 0 Å². The minimum absolute atomic E-state index is 0.163. The molecular weight excluding hydrogens is 438 g/mol. The van der Waals surface area contributed by atoms with Gasteiger partial charge in [-0.3, -0.25) is 19.2 Å². The SMILES string of the molecule is NC(Cc1ccccc1)C(=O)NC(Cc1c[nH]c2ccccc12)C(=O)NCC(=O)NCC(=O)O. The number of aliphatic carboxylic acids is 1. The molecule has 2 unspecified atom stereocenters. The number of carbonyl (C=O) groups is 4. The second-order valence-electron chi connectivity index (χ2n) is 7.81. The van der Waals surface area contributed by atoms with Crippen molar-refractivity contribution in [2.24, 2.45) is 5.73 Å². The minimum atomic E-state index is -1.20. The number of fused-ring (bicyclic) bond motifs is 1. The van der Waals surface area contributed by atoms with E-state index in [1.807, 2.05) is 54.6 Å². The molecule has 0 aliphatic carbocycles. The van der Waals surface area contributed by atoms with E-state index in [-0.39, 0.29) is 6.42 Å². The van der Waals surface area contributed by atoms with E-state index < -0.39 is 48.9 Å². The Kier molecular flexibility index (Phi) is 8.36. The first-order chi connectivity index (χ1) is 16.3. The predicted octanol–water partition coefficient (Wildman–Crippen LogP) is 0.0822. The summed E-state index contributed by atoms with van der Waals surface area (Å²) >= 11 is 0. The normalized spacial score (nSPS) is 12.5. The second kappa shape index (κ2) is 11.6. The highest BCUT2D eigenvalue weighted by molar-refractivity contribution is 5.93. The number of para-hydroxylation sites is 1. The van der Waals surface area contributed by atoms with Crippen molar-refractivity contribution in [3.05, 3.63) is 71.9 Å². The summed E-state index contributed by atoms with van der Waals surface area (Å²) in [5.41, 5.74) is 8.66. The third kappa shape index (κ3) is 6.91. The van der Waals surface area contributed by atoms with Crippen LogP contribution in [0.1, 0.15) is 11.1 Å². The summed E-state index contributed by atoms with van der Waals surface area (Å²) in [5.74, 6) is -2.94. The van der Waals surface area contributed by atoms with Crippen LogP contribution in [-0.4, -0.2) is 59.0 Å². The molecule has 0 aliphatic heterocycles. The molecule has 0 bridgehead atoms. The van der Waals surface area contributed by atoms with E-state index in [0.29, 0.717) is 6.42 Å². The number of amides is 3. The number of benzene rings is 2. The molecule has 3 rings (SSSR count). The van der Waals surface area contributed by atoms with E-state index in [0.717, 1.165) is 22.0 Å². The van der Waals surface area contributed by atoms with Gasteiger partial charge < -0.3 is 31.8 Å². The monoisotopic (exact) mass is 465 g/mol. The van der Waals surface area contributed by atoms with Gasteiger partial charge in [-0.2, -0.15) is 0 Å². The third-order valence-corrected chi connectivity index (χ3v) is 5.23. The average Bonchev–Trinajstić information content (AvgIpc) is 3.24. The van der Waals surface area contributed by atoms with Crippen molar-refractivity contribution in [3.63, 3.8) is 0 Å². The number of carboxylic acids is 1. The van der Waals surface area contributed by atoms with Gasteiger partial charge in [-0.1, -0.05) is 48.5 Å². The van der Waals surface area contributed by atoms with Crippen LogP contribution in [-0.2, 0) is 32.0 Å². The lowest BCUT2D eigenvalue weighted by molar-refractivity contribution is -0.138. The highest BCUT2D eigenvalue weighted by atomic mass is 16.4. The Morgan fingerprint density at radius 1 is 0.882 bits per heavy atom. The van der Waals surface area contributed by atoms with Crippen LogP contribution in [0.4, 0.5) is 0 Å². The third-order valence-electron chi connectivity index (χ3n) is 5.23. The summed E-state index contributed by atoms with van der Waals surface area (Å²) in [6.45, 7) is -0.985. The highest BCUT2D eigenvalue weighted by Gasteiger charge is 2.25. The number of nitrogens with one attached hydrogen (secondary N) is 4. The van der Waals surface area contributed by atoms with Gasteiger partial charge in [0, 0.05) is 23.5 Å². The molecule has 3 amide bonds. The van der Waals surface area contributed by atoms with Gasteiger partial charge in [0.05, 0.1) is 12.6 Å². The number of hydrogen-bond donors (Lipinski definition) is 6. The zero-order valence-corrected chi connectivity index (χ0v) is 18.4. The fourth-order valence-corrected chi connectivity index (χ4v) is 3.50. The van der Waals surface area contributed by atoms with Crippen molar-refractivity contribution in [2.45, 2.75) is 24.9 Å². The van der Waals surface area contributed by atoms with Crippen LogP contribution in [0.25, 0.3) is 10.9 Å². The molecule has 7 N–H and O–H groups in total. The Morgan fingerprint density at radius 3 is 2.32 bits per heavy atom. The Labute approximate surface area is 195 Å². The summed E-state index contributed by atoms with van der Waals surface area (Å²) in [5, 5.41) is 16.9. The van der Waals surface area contributed by atoms with Crippen molar-refractivity contribution < 1.29 is 24.3 Å². The van der Waals surface area contributed by atoms with E-state index in [4.69, 9.17) is 10.8 Å². The Bertz CT molecular complexity index is 1160. The number of hydrogen-bond acceptors (Lipinski definition) is 5. The van der Waals surface area contributed by atoms with Crippen LogP contribution < -0.4 is 21.7 Å². The lowest BCUT2D eigenvalue weighted by Crippen LogP contribution is -2.54. The minimum Gasteiger partial charge on any atom is -0.480 e. The summed E-state index contributed by atoms with van der Waals surface area (Å²) in [6.07, 6.45) is 2.22. The van der Waals surface area contributed by atoms with Gasteiger partial charge in [-0.25, -0.2) is 0 Å². The van der Waals surface area contributed by atoms with Crippen LogP contribution in [0.15, 0.2) is 60.8 Å². The molecule has 2 atom stereocenters. The summed E-state index contributed by atoms with van der Waals surface area (Å²) < 4.78 is 0. The molecule has 0 radical (unpaired) electrons. The van der Waals surface area contributed by atoms with Crippen molar-refractivity contribution in [2.75, 3.05) is 13.1 Å². The number of carbonyl (C=O) groups excluding carboxylic acids is 3. The van der Waals surface area contributed by atoms with Crippen LogP contribution in [0.3, 0.4) is 0 Å². The quantitative estimate of drug-likeness (QED) is 0.235. The summed E-state index contributed by atoms with van der Waals surface area (Å²) in [4.78, 5) is 51.2.